The maximum Gasteiger partial charge on any atom is 0.260 e. The van der Waals surface area contributed by atoms with Gasteiger partial charge in [-0.3, -0.25) is 9.69 Å². The number of hydrogen-bond donors (Lipinski definition) is 0. The van der Waals surface area contributed by atoms with Gasteiger partial charge in [-0.1, -0.05) is 17.4 Å². The number of methoxy groups -OCH3 is 1. The first-order valence-electron chi connectivity index (χ1n) is 12.4. The highest BCUT2D eigenvalue weighted by molar-refractivity contribution is 7.89. The van der Waals surface area contributed by atoms with E-state index in [2.05, 4.69) is 0 Å². The highest BCUT2D eigenvalue weighted by Crippen LogP contribution is 2.37. The van der Waals surface area contributed by atoms with Crippen LogP contribution in [-0.4, -0.2) is 75.9 Å². The standard InChI is InChI=1S/C27H32N6O4S2.ClH/c1-20-8-13-23(37-4)24-25(20)38-27(30-24)33(19-7-16-31(2)3)26(34)21-9-11-22(12-10-21)39(35,36)32(17-5-14-28)18-6-15-29;/h8-13H,5-7,16-19H2,1-4H3;1H. The van der Waals surface area contributed by atoms with E-state index in [0.717, 1.165) is 21.1 Å². The van der Waals surface area contributed by atoms with Gasteiger partial charge in [0.25, 0.3) is 5.91 Å². The van der Waals surface area contributed by atoms with Crippen LogP contribution < -0.4 is 9.64 Å². The molecule has 0 saturated heterocycles. The second kappa shape index (κ2) is 14.9. The van der Waals surface area contributed by atoms with Crippen molar-refractivity contribution in [3.05, 3.63) is 47.5 Å². The van der Waals surface area contributed by atoms with Crippen molar-refractivity contribution in [1.29, 1.82) is 10.5 Å². The largest absolute Gasteiger partial charge is 0.494 e. The molecule has 1 aromatic heterocycles. The average Bonchev–Trinajstić information content (AvgIpc) is 3.37. The van der Waals surface area contributed by atoms with Crippen LogP contribution in [0.4, 0.5) is 5.13 Å². The third-order valence-corrected chi connectivity index (χ3v) is 9.19. The number of thiazole rings is 1. The molecule has 0 radical (unpaired) electrons. The van der Waals surface area contributed by atoms with Crippen LogP contribution in [0.25, 0.3) is 10.2 Å². The fourth-order valence-electron chi connectivity index (χ4n) is 3.98. The van der Waals surface area contributed by atoms with E-state index in [1.54, 1.807) is 12.0 Å². The van der Waals surface area contributed by atoms with Crippen LogP contribution in [0.3, 0.4) is 0 Å². The molecule has 1 heterocycles. The summed E-state index contributed by atoms with van der Waals surface area (Å²) in [6.45, 7) is 3.16. The number of fused-ring (bicyclic) bond motifs is 1. The number of carbonyl (C=O) groups is 1. The molecule has 0 spiro atoms. The van der Waals surface area contributed by atoms with Crippen LogP contribution in [0.1, 0.15) is 35.2 Å². The molecule has 10 nitrogen and oxygen atoms in total. The Bertz CT molecular complexity index is 1480. The summed E-state index contributed by atoms with van der Waals surface area (Å²) < 4.78 is 33.9. The van der Waals surface area contributed by atoms with Gasteiger partial charge in [-0.2, -0.15) is 14.8 Å². The molecule has 0 aliphatic carbocycles. The van der Waals surface area contributed by atoms with Gasteiger partial charge in [-0.05, 0) is 69.9 Å². The van der Waals surface area contributed by atoms with Gasteiger partial charge in [-0.25, -0.2) is 13.4 Å². The lowest BCUT2D eigenvalue weighted by Gasteiger charge is -2.22. The third-order valence-electron chi connectivity index (χ3n) is 6.06. The highest BCUT2D eigenvalue weighted by atomic mass is 35.5. The Kier molecular flexibility index (Phi) is 12.3. The zero-order valence-electron chi connectivity index (χ0n) is 23.0. The lowest BCUT2D eigenvalue weighted by atomic mass is 10.2. The summed E-state index contributed by atoms with van der Waals surface area (Å²) in [5.41, 5.74) is 2.05. The van der Waals surface area contributed by atoms with Crippen molar-refractivity contribution < 1.29 is 17.9 Å². The fraction of sp³-hybridized carbons (Fsp3) is 0.407. The van der Waals surface area contributed by atoms with Crippen molar-refractivity contribution in [1.82, 2.24) is 14.2 Å². The second-order valence-electron chi connectivity index (χ2n) is 9.12. The second-order valence-corrected chi connectivity index (χ2v) is 12.0. The molecule has 0 aliphatic rings. The number of sulfonamides is 1. The van der Waals surface area contributed by atoms with Gasteiger partial charge < -0.3 is 9.64 Å². The van der Waals surface area contributed by atoms with Crippen molar-refractivity contribution in [2.24, 2.45) is 0 Å². The molecular weight excluding hydrogens is 572 g/mol. The number of nitriles is 2. The van der Waals surface area contributed by atoms with E-state index in [1.807, 2.05) is 50.2 Å². The number of hydrogen-bond acceptors (Lipinski definition) is 9. The van der Waals surface area contributed by atoms with Gasteiger partial charge in [0.05, 0.1) is 28.8 Å². The molecule has 2 aromatic carbocycles. The van der Waals surface area contributed by atoms with Crippen LogP contribution in [0.5, 0.6) is 5.75 Å². The van der Waals surface area contributed by atoms with Gasteiger partial charge in [0.2, 0.25) is 10.0 Å². The topological polar surface area (TPSA) is 131 Å². The minimum absolute atomic E-state index is 0. The number of carbonyl (C=O) groups excluding carboxylic acids is 1. The zero-order chi connectivity index (χ0) is 28.6. The van der Waals surface area contributed by atoms with Crippen molar-refractivity contribution in [3.8, 4) is 17.9 Å². The molecule has 3 rings (SSSR count). The first kappa shape index (κ1) is 32.9. The van der Waals surface area contributed by atoms with Crippen molar-refractivity contribution in [2.45, 2.75) is 31.1 Å². The van der Waals surface area contributed by atoms with Crippen LogP contribution in [0.2, 0.25) is 0 Å². The number of ether oxygens (including phenoxy) is 1. The Morgan fingerprint density at radius 1 is 1.00 bits per heavy atom. The molecule has 0 fully saturated rings. The van der Waals surface area contributed by atoms with Crippen LogP contribution >= 0.6 is 23.7 Å². The number of rotatable bonds is 13. The summed E-state index contributed by atoms with van der Waals surface area (Å²) in [5, 5.41) is 18.4. The van der Waals surface area contributed by atoms with E-state index in [0.29, 0.717) is 34.9 Å². The Labute approximate surface area is 245 Å². The molecule has 0 unspecified atom stereocenters. The normalized spacial score (nSPS) is 11.2. The molecule has 0 atom stereocenters. The number of halogens is 1. The predicted octanol–water partition coefficient (Wildman–Crippen LogP) is 4.45. The quantitative estimate of drug-likeness (QED) is 0.280. The Hall–Kier alpha value is -3.26. The molecule has 3 aromatic rings. The molecular formula is C27H33ClN6O4S2. The average molecular weight is 605 g/mol. The first-order chi connectivity index (χ1) is 18.6. The zero-order valence-corrected chi connectivity index (χ0v) is 25.4. The monoisotopic (exact) mass is 604 g/mol. The summed E-state index contributed by atoms with van der Waals surface area (Å²) in [6, 6.07) is 13.4. The molecule has 0 N–H and O–H groups in total. The van der Waals surface area contributed by atoms with Gasteiger partial charge >= 0.3 is 0 Å². The smallest absolute Gasteiger partial charge is 0.260 e. The van der Waals surface area contributed by atoms with E-state index in [4.69, 9.17) is 20.2 Å². The fourth-order valence-corrected chi connectivity index (χ4v) is 6.50. The summed E-state index contributed by atoms with van der Waals surface area (Å²) in [6.07, 6.45) is 0.731. The lowest BCUT2D eigenvalue weighted by molar-refractivity contribution is 0.0986. The number of anilines is 1. The van der Waals surface area contributed by atoms with Crippen LogP contribution in [-0.2, 0) is 10.0 Å². The van der Waals surface area contributed by atoms with Gasteiger partial charge in [0, 0.05) is 38.0 Å². The molecule has 0 saturated carbocycles. The van der Waals surface area contributed by atoms with Crippen molar-refractivity contribution >= 4 is 55.0 Å². The minimum atomic E-state index is -3.94. The number of aromatic nitrogens is 1. The third kappa shape index (κ3) is 7.68. The van der Waals surface area contributed by atoms with E-state index in [1.165, 1.54) is 35.6 Å². The van der Waals surface area contributed by atoms with E-state index >= 15 is 0 Å². The molecule has 13 heteroatoms. The highest BCUT2D eigenvalue weighted by Gasteiger charge is 2.26. The minimum Gasteiger partial charge on any atom is -0.494 e. The molecule has 214 valence electrons. The maximum atomic E-state index is 13.7. The van der Waals surface area contributed by atoms with Crippen molar-refractivity contribution in [3.63, 3.8) is 0 Å². The Morgan fingerprint density at radius 2 is 1.62 bits per heavy atom. The molecule has 0 bridgehead atoms. The molecule has 0 aliphatic heterocycles. The summed E-state index contributed by atoms with van der Waals surface area (Å²) in [7, 11) is 1.58. The molecule has 1 amide bonds. The van der Waals surface area contributed by atoms with Crippen LogP contribution in [0.15, 0.2) is 41.3 Å². The van der Waals surface area contributed by atoms with Crippen molar-refractivity contribution in [2.75, 3.05) is 52.3 Å². The van der Waals surface area contributed by atoms with Gasteiger partial charge in [0.1, 0.15) is 11.3 Å². The lowest BCUT2D eigenvalue weighted by Crippen LogP contribution is -2.34. The number of nitrogens with zero attached hydrogens (tertiary/aromatic N) is 6. The van der Waals surface area contributed by atoms with Gasteiger partial charge in [-0.15, -0.1) is 12.4 Å². The predicted molar refractivity (Wildman–Crippen MR) is 159 cm³/mol. The number of benzene rings is 2. The Morgan fingerprint density at radius 3 is 2.17 bits per heavy atom. The summed E-state index contributed by atoms with van der Waals surface area (Å²) >= 11 is 1.42. The maximum absolute atomic E-state index is 13.7. The summed E-state index contributed by atoms with van der Waals surface area (Å²) in [5.74, 6) is 0.338. The molecule has 40 heavy (non-hydrogen) atoms. The number of amides is 1. The van der Waals surface area contributed by atoms with E-state index in [9.17, 15) is 13.2 Å². The summed E-state index contributed by atoms with van der Waals surface area (Å²) in [4.78, 5) is 22.1. The first-order valence-corrected chi connectivity index (χ1v) is 14.6. The van der Waals surface area contributed by atoms with E-state index in [-0.39, 0.29) is 49.1 Å². The van der Waals surface area contributed by atoms with E-state index < -0.39 is 10.0 Å². The van der Waals surface area contributed by atoms with Crippen LogP contribution in [0, 0.1) is 29.6 Å². The van der Waals surface area contributed by atoms with Gasteiger partial charge in [0.15, 0.2) is 5.13 Å². The Balaban J connectivity index is 0.00000560. The number of aryl methyl sites for hydroxylation is 1. The SMILES string of the molecule is COc1ccc(C)c2sc(N(CCCN(C)C)C(=O)c3ccc(S(=O)(=O)N(CCC#N)CCC#N)cc3)nc12.Cl.